The van der Waals surface area contributed by atoms with Crippen LogP contribution >= 0.6 is 0 Å². The Morgan fingerprint density at radius 1 is 1.33 bits per heavy atom. The van der Waals surface area contributed by atoms with Crippen LogP contribution in [0.5, 0.6) is 11.7 Å². The Balaban J connectivity index is 2.15. The first kappa shape index (κ1) is 9.86. The average Bonchev–Trinajstić information content (AvgIpc) is 2.57. The van der Waals surface area contributed by atoms with Crippen molar-refractivity contribution < 1.29 is 19.0 Å². The predicted octanol–water partition coefficient (Wildman–Crippen LogP) is 2.51. The standard InChI is InChI=1S/C11H12O4/c1-2-13-7-14-9-3-4-10-8(5-9)6-11(12)15-10/h3-6,12H,2,7H2,1H3. The molecule has 4 heteroatoms. The lowest BCUT2D eigenvalue weighted by Gasteiger charge is -2.04. The molecule has 0 atom stereocenters. The third kappa shape index (κ3) is 2.22. The third-order valence-electron chi connectivity index (χ3n) is 1.99. The molecule has 0 aliphatic rings. The van der Waals surface area contributed by atoms with Gasteiger partial charge in [-0.3, -0.25) is 0 Å². The van der Waals surface area contributed by atoms with Crippen LogP contribution in [0.2, 0.25) is 0 Å². The minimum absolute atomic E-state index is 0.0908. The summed E-state index contributed by atoms with van der Waals surface area (Å²) in [5, 5.41) is 9.94. The van der Waals surface area contributed by atoms with Gasteiger partial charge in [-0.25, -0.2) is 0 Å². The summed E-state index contributed by atoms with van der Waals surface area (Å²) in [5.41, 5.74) is 0.635. The van der Waals surface area contributed by atoms with Crippen LogP contribution < -0.4 is 4.74 Å². The van der Waals surface area contributed by atoms with Gasteiger partial charge in [0.05, 0.1) is 0 Å². The number of ether oxygens (including phenoxy) is 2. The Labute approximate surface area is 87.0 Å². The summed E-state index contributed by atoms with van der Waals surface area (Å²) in [6, 6.07) is 6.85. The molecule has 0 saturated heterocycles. The van der Waals surface area contributed by atoms with E-state index in [2.05, 4.69) is 0 Å². The monoisotopic (exact) mass is 208 g/mol. The van der Waals surface area contributed by atoms with Gasteiger partial charge in [-0.15, -0.1) is 0 Å². The molecular formula is C11H12O4. The van der Waals surface area contributed by atoms with E-state index in [1.807, 2.05) is 6.92 Å². The lowest BCUT2D eigenvalue weighted by Crippen LogP contribution is -2.01. The molecule has 0 saturated carbocycles. The summed E-state index contributed by atoms with van der Waals surface area (Å²) in [5.74, 6) is 0.601. The van der Waals surface area contributed by atoms with Crippen molar-refractivity contribution in [1.29, 1.82) is 0 Å². The third-order valence-corrected chi connectivity index (χ3v) is 1.99. The molecule has 2 aromatic rings. The molecule has 1 heterocycles. The van der Waals surface area contributed by atoms with Crippen molar-refractivity contribution in [1.82, 2.24) is 0 Å². The van der Waals surface area contributed by atoms with E-state index >= 15 is 0 Å². The van der Waals surface area contributed by atoms with Crippen molar-refractivity contribution in [3.8, 4) is 11.7 Å². The normalized spacial score (nSPS) is 10.7. The SMILES string of the molecule is CCOCOc1ccc2oc(O)cc2c1. The largest absolute Gasteiger partial charge is 0.481 e. The zero-order valence-electron chi connectivity index (χ0n) is 8.40. The summed E-state index contributed by atoms with van der Waals surface area (Å²) in [6.45, 7) is 2.75. The van der Waals surface area contributed by atoms with Gasteiger partial charge in [0.1, 0.15) is 11.3 Å². The van der Waals surface area contributed by atoms with Crippen LogP contribution in [-0.2, 0) is 4.74 Å². The molecule has 80 valence electrons. The second-order valence-electron chi connectivity index (χ2n) is 3.04. The van der Waals surface area contributed by atoms with Crippen LogP contribution in [0.25, 0.3) is 11.0 Å². The molecule has 1 aromatic carbocycles. The molecule has 0 amide bonds. The van der Waals surface area contributed by atoms with E-state index in [1.165, 1.54) is 0 Å². The molecule has 0 bridgehead atoms. The Hall–Kier alpha value is -1.68. The fourth-order valence-electron chi connectivity index (χ4n) is 1.29. The Morgan fingerprint density at radius 3 is 3.00 bits per heavy atom. The smallest absolute Gasteiger partial charge is 0.282 e. The number of hydrogen-bond acceptors (Lipinski definition) is 4. The molecule has 4 nitrogen and oxygen atoms in total. The maximum absolute atomic E-state index is 9.13. The molecule has 1 N–H and O–H groups in total. The minimum Gasteiger partial charge on any atom is -0.481 e. The maximum atomic E-state index is 9.13. The van der Waals surface area contributed by atoms with E-state index in [9.17, 15) is 0 Å². The summed E-state index contributed by atoms with van der Waals surface area (Å²) < 4.78 is 15.4. The fraction of sp³-hybridized carbons (Fsp3) is 0.273. The number of benzene rings is 1. The molecule has 15 heavy (non-hydrogen) atoms. The number of rotatable bonds is 4. The van der Waals surface area contributed by atoms with Crippen LogP contribution in [0.4, 0.5) is 0 Å². The van der Waals surface area contributed by atoms with Crippen molar-refractivity contribution in [2.45, 2.75) is 6.92 Å². The van der Waals surface area contributed by atoms with Crippen molar-refractivity contribution in [3.05, 3.63) is 24.3 Å². The Morgan fingerprint density at radius 2 is 2.20 bits per heavy atom. The Kier molecular flexibility index (Phi) is 2.78. The summed E-state index contributed by atoms with van der Waals surface area (Å²) in [7, 11) is 0. The summed E-state index contributed by atoms with van der Waals surface area (Å²) in [4.78, 5) is 0. The van der Waals surface area contributed by atoms with Crippen LogP contribution in [0, 0.1) is 0 Å². The van der Waals surface area contributed by atoms with E-state index < -0.39 is 0 Å². The van der Waals surface area contributed by atoms with Gasteiger partial charge in [0.2, 0.25) is 0 Å². The average molecular weight is 208 g/mol. The van der Waals surface area contributed by atoms with Crippen molar-refractivity contribution in [2.24, 2.45) is 0 Å². The zero-order valence-corrected chi connectivity index (χ0v) is 8.40. The van der Waals surface area contributed by atoms with E-state index in [0.717, 1.165) is 5.39 Å². The summed E-state index contributed by atoms with van der Waals surface area (Å²) >= 11 is 0. The Bertz CT molecular complexity index is 447. The first-order valence-electron chi connectivity index (χ1n) is 4.72. The molecule has 1 aromatic heterocycles. The highest BCUT2D eigenvalue weighted by molar-refractivity contribution is 5.80. The lowest BCUT2D eigenvalue weighted by molar-refractivity contribution is 0.0225. The van der Waals surface area contributed by atoms with E-state index in [0.29, 0.717) is 17.9 Å². The van der Waals surface area contributed by atoms with Gasteiger partial charge in [0, 0.05) is 18.1 Å². The van der Waals surface area contributed by atoms with Gasteiger partial charge in [-0.05, 0) is 25.1 Å². The minimum atomic E-state index is -0.0908. The quantitative estimate of drug-likeness (QED) is 0.619. The van der Waals surface area contributed by atoms with Crippen LogP contribution in [0.1, 0.15) is 6.92 Å². The van der Waals surface area contributed by atoms with E-state index in [4.69, 9.17) is 19.0 Å². The van der Waals surface area contributed by atoms with Crippen LogP contribution in [0.15, 0.2) is 28.7 Å². The lowest BCUT2D eigenvalue weighted by atomic mass is 10.2. The topological polar surface area (TPSA) is 51.8 Å². The molecule has 2 rings (SSSR count). The molecule has 0 fully saturated rings. The first-order valence-corrected chi connectivity index (χ1v) is 4.72. The highest BCUT2D eigenvalue weighted by Crippen LogP contribution is 2.27. The van der Waals surface area contributed by atoms with Crippen molar-refractivity contribution in [3.63, 3.8) is 0 Å². The number of furan rings is 1. The summed E-state index contributed by atoms with van der Waals surface area (Å²) in [6.07, 6.45) is 0. The van der Waals surface area contributed by atoms with Crippen molar-refractivity contribution >= 4 is 11.0 Å². The molecule has 0 spiro atoms. The van der Waals surface area contributed by atoms with Gasteiger partial charge in [0.15, 0.2) is 6.79 Å². The molecule has 0 unspecified atom stereocenters. The van der Waals surface area contributed by atoms with Gasteiger partial charge in [0.25, 0.3) is 5.95 Å². The predicted molar refractivity (Wildman–Crippen MR) is 55.0 cm³/mol. The maximum Gasteiger partial charge on any atom is 0.282 e. The van der Waals surface area contributed by atoms with Crippen molar-refractivity contribution in [2.75, 3.05) is 13.4 Å². The second kappa shape index (κ2) is 4.23. The number of aromatic hydroxyl groups is 1. The highest BCUT2D eigenvalue weighted by Gasteiger charge is 2.03. The zero-order chi connectivity index (χ0) is 10.7. The van der Waals surface area contributed by atoms with Crippen LogP contribution in [-0.4, -0.2) is 18.5 Å². The van der Waals surface area contributed by atoms with Gasteiger partial charge < -0.3 is 19.0 Å². The van der Waals surface area contributed by atoms with Crippen LogP contribution in [0.3, 0.4) is 0 Å². The number of hydrogen-bond donors (Lipinski definition) is 1. The molecule has 0 aliphatic carbocycles. The number of fused-ring (bicyclic) bond motifs is 1. The molecule has 0 aliphatic heterocycles. The van der Waals surface area contributed by atoms with Gasteiger partial charge >= 0.3 is 0 Å². The first-order chi connectivity index (χ1) is 7.29. The van der Waals surface area contributed by atoms with Gasteiger partial charge in [-0.2, -0.15) is 0 Å². The highest BCUT2D eigenvalue weighted by atomic mass is 16.7. The second-order valence-corrected chi connectivity index (χ2v) is 3.04. The van der Waals surface area contributed by atoms with E-state index in [1.54, 1.807) is 24.3 Å². The molecular weight excluding hydrogens is 196 g/mol. The van der Waals surface area contributed by atoms with Gasteiger partial charge in [-0.1, -0.05) is 0 Å². The fourth-order valence-corrected chi connectivity index (χ4v) is 1.29. The molecule has 0 radical (unpaired) electrons. The van der Waals surface area contributed by atoms with E-state index in [-0.39, 0.29) is 12.7 Å².